The second-order valence-electron chi connectivity index (χ2n) is 5.54. The zero-order valence-corrected chi connectivity index (χ0v) is 13.3. The van der Waals surface area contributed by atoms with Gasteiger partial charge in [0.1, 0.15) is 5.75 Å². The van der Waals surface area contributed by atoms with Crippen LogP contribution in [0.5, 0.6) is 5.75 Å². The van der Waals surface area contributed by atoms with Crippen molar-refractivity contribution in [3.8, 4) is 5.75 Å². The fourth-order valence-electron chi connectivity index (χ4n) is 2.44. The number of amides is 2. The van der Waals surface area contributed by atoms with Crippen molar-refractivity contribution in [1.29, 1.82) is 0 Å². The molecule has 8 heteroatoms. The quantitative estimate of drug-likeness (QED) is 0.846. The molecule has 1 saturated carbocycles. The first-order chi connectivity index (χ1) is 11.4. The zero-order valence-electron chi connectivity index (χ0n) is 12.5. The lowest BCUT2D eigenvalue weighted by atomic mass is 10.0. The summed E-state index contributed by atoms with van der Waals surface area (Å²) in [6.45, 7) is 0.413. The van der Waals surface area contributed by atoms with Crippen LogP contribution in [0.2, 0.25) is 0 Å². The van der Waals surface area contributed by atoms with E-state index in [9.17, 15) is 18.0 Å². The van der Waals surface area contributed by atoms with Gasteiger partial charge in [0, 0.05) is 4.88 Å². The molecule has 3 rings (SSSR count). The molecule has 1 fully saturated rings. The first kappa shape index (κ1) is 16.6. The summed E-state index contributed by atoms with van der Waals surface area (Å²) in [5.74, 6) is -0.285. The molecule has 0 atom stereocenters. The number of ether oxygens (including phenoxy) is 1. The van der Waals surface area contributed by atoms with Gasteiger partial charge in [-0.15, -0.1) is 24.5 Å². The number of thiophene rings is 1. The van der Waals surface area contributed by atoms with Crippen LogP contribution in [0, 0.1) is 0 Å². The van der Waals surface area contributed by atoms with Crippen LogP contribution in [0.15, 0.2) is 41.8 Å². The summed E-state index contributed by atoms with van der Waals surface area (Å²) in [4.78, 5) is 13.1. The summed E-state index contributed by atoms with van der Waals surface area (Å²) in [5, 5.41) is 7.53. The third-order valence-electron chi connectivity index (χ3n) is 3.73. The van der Waals surface area contributed by atoms with Crippen LogP contribution < -0.4 is 15.4 Å². The molecule has 1 aromatic carbocycles. The number of carbonyl (C=O) groups excluding carboxylic acids is 1. The Bertz CT molecular complexity index is 712. The molecule has 2 N–H and O–H groups in total. The van der Waals surface area contributed by atoms with Gasteiger partial charge in [0.25, 0.3) is 0 Å². The van der Waals surface area contributed by atoms with Crippen LogP contribution in [0.25, 0.3) is 0 Å². The minimum absolute atomic E-state index is 0.285. The Labute approximate surface area is 140 Å². The van der Waals surface area contributed by atoms with E-state index in [-0.39, 0.29) is 11.8 Å². The Balaban J connectivity index is 1.63. The van der Waals surface area contributed by atoms with Gasteiger partial charge in [-0.3, -0.25) is 0 Å². The SMILES string of the molecule is O=C(NCc1cccs1)NC1(c2cccc(OC(F)(F)F)c2)CC1. The molecule has 24 heavy (non-hydrogen) atoms. The molecule has 1 heterocycles. The van der Waals surface area contributed by atoms with E-state index < -0.39 is 11.9 Å². The summed E-state index contributed by atoms with van der Waals surface area (Å²) in [5.41, 5.74) is -0.0136. The van der Waals surface area contributed by atoms with E-state index in [1.165, 1.54) is 29.5 Å². The van der Waals surface area contributed by atoms with Gasteiger partial charge < -0.3 is 15.4 Å². The molecule has 2 amide bonds. The highest BCUT2D eigenvalue weighted by molar-refractivity contribution is 7.09. The van der Waals surface area contributed by atoms with Crippen molar-refractivity contribution in [2.24, 2.45) is 0 Å². The fourth-order valence-corrected chi connectivity index (χ4v) is 3.09. The van der Waals surface area contributed by atoms with Gasteiger partial charge in [0.15, 0.2) is 0 Å². The molecule has 1 aliphatic carbocycles. The van der Waals surface area contributed by atoms with Crippen molar-refractivity contribution in [3.05, 3.63) is 52.2 Å². The highest BCUT2D eigenvalue weighted by Gasteiger charge is 2.46. The van der Waals surface area contributed by atoms with Gasteiger partial charge in [-0.05, 0) is 42.0 Å². The Morgan fingerprint density at radius 1 is 1.25 bits per heavy atom. The maximum atomic E-state index is 12.3. The first-order valence-corrected chi connectivity index (χ1v) is 8.19. The molecule has 0 aliphatic heterocycles. The molecule has 0 bridgehead atoms. The Morgan fingerprint density at radius 3 is 2.67 bits per heavy atom. The summed E-state index contributed by atoms with van der Waals surface area (Å²) < 4.78 is 40.9. The van der Waals surface area contributed by atoms with Crippen molar-refractivity contribution in [1.82, 2.24) is 10.6 Å². The maximum absolute atomic E-state index is 12.3. The summed E-state index contributed by atoms with van der Waals surface area (Å²) in [6.07, 6.45) is -3.38. The van der Waals surface area contributed by atoms with Crippen LogP contribution in [-0.4, -0.2) is 12.4 Å². The van der Waals surface area contributed by atoms with Crippen molar-refractivity contribution in [2.45, 2.75) is 31.3 Å². The van der Waals surface area contributed by atoms with Gasteiger partial charge in [0.05, 0.1) is 12.1 Å². The van der Waals surface area contributed by atoms with E-state index >= 15 is 0 Å². The minimum Gasteiger partial charge on any atom is -0.406 e. The van der Waals surface area contributed by atoms with Gasteiger partial charge in [-0.1, -0.05) is 18.2 Å². The molecule has 0 radical (unpaired) electrons. The summed E-state index contributed by atoms with van der Waals surface area (Å²) in [7, 11) is 0. The maximum Gasteiger partial charge on any atom is 0.573 e. The predicted octanol–water partition coefficient (Wildman–Crippen LogP) is 4.14. The molecular weight excluding hydrogens is 341 g/mol. The van der Waals surface area contributed by atoms with E-state index in [1.54, 1.807) is 6.07 Å². The van der Waals surface area contributed by atoms with Crippen molar-refractivity contribution in [3.63, 3.8) is 0 Å². The normalized spacial score (nSPS) is 15.6. The first-order valence-electron chi connectivity index (χ1n) is 7.31. The van der Waals surface area contributed by atoms with Crippen LogP contribution in [-0.2, 0) is 12.1 Å². The van der Waals surface area contributed by atoms with Crippen LogP contribution in [0.1, 0.15) is 23.3 Å². The minimum atomic E-state index is -4.74. The average molecular weight is 356 g/mol. The Kier molecular flexibility index (Phi) is 4.40. The third-order valence-corrected chi connectivity index (χ3v) is 4.60. The van der Waals surface area contributed by atoms with Crippen molar-refractivity contribution in [2.75, 3.05) is 0 Å². The van der Waals surface area contributed by atoms with Gasteiger partial charge in [-0.25, -0.2) is 4.79 Å². The number of nitrogens with one attached hydrogen (secondary N) is 2. The number of carbonyl (C=O) groups is 1. The standard InChI is InChI=1S/C16H15F3N2O2S/c17-16(18,19)23-12-4-1-3-11(9-12)15(6-7-15)21-14(22)20-10-13-5-2-8-24-13/h1-5,8-9H,6-7,10H2,(H2,20,21,22). The van der Waals surface area contributed by atoms with E-state index in [0.29, 0.717) is 24.9 Å². The molecule has 0 spiro atoms. The molecule has 4 nitrogen and oxygen atoms in total. The largest absolute Gasteiger partial charge is 0.573 e. The molecule has 0 unspecified atom stereocenters. The molecule has 1 aromatic heterocycles. The number of hydrogen-bond donors (Lipinski definition) is 2. The lowest BCUT2D eigenvalue weighted by Crippen LogP contribution is -2.41. The second kappa shape index (κ2) is 6.35. The molecular formula is C16H15F3N2O2S. The molecule has 128 valence electrons. The van der Waals surface area contributed by atoms with E-state index in [4.69, 9.17) is 0 Å². The molecule has 1 aliphatic rings. The lowest BCUT2D eigenvalue weighted by Gasteiger charge is -2.19. The highest BCUT2D eigenvalue weighted by atomic mass is 32.1. The number of alkyl halides is 3. The summed E-state index contributed by atoms with van der Waals surface area (Å²) in [6, 6.07) is 9.20. The zero-order chi connectivity index (χ0) is 17.2. The average Bonchev–Trinajstić information content (AvgIpc) is 3.09. The summed E-state index contributed by atoms with van der Waals surface area (Å²) >= 11 is 1.54. The number of urea groups is 1. The van der Waals surface area contributed by atoms with Gasteiger partial charge in [-0.2, -0.15) is 0 Å². The lowest BCUT2D eigenvalue weighted by molar-refractivity contribution is -0.274. The van der Waals surface area contributed by atoms with Crippen LogP contribution >= 0.6 is 11.3 Å². The smallest absolute Gasteiger partial charge is 0.406 e. The Morgan fingerprint density at radius 2 is 2.04 bits per heavy atom. The molecule has 2 aromatic rings. The van der Waals surface area contributed by atoms with Crippen LogP contribution in [0.4, 0.5) is 18.0 Å². The number of benzene rings is 1. The van der Waals surface area contributed by atoms with Crippen molar-refractivity contribution < 1.29 is 22.7 Å². The third kappa shape index (κ3) is 4.19. The highest BCUT2D eigenvalue weighted by Crippen LogP contribution is 2.46. The number of rotatable bonds is 5. The topological polar surface area (TPSA) is 50.4 Å². The van der Waals surface area contributed by atoms with E-state index in [1.807, 2.05) is 17.5 Å². The Hall–Kier alpha value is -2.22. The predicted molar refractivity (Wildman–Crippen MR) is 83.7 cm³/mol. The fraction of sp³-hybridized carbons (Fsp3) is 0.312. The van der Waals surface area contributed by atoms with E-state index in [2.05, 4.69) is 15.4 Å². The van der Waals surface area contributed by atoms with Crippen LogP contribution in [0.3, 0.4) is 0 Å². The number of halogens is 3. The monoisotopic (exact) mass is 356 g/mol. The van der Waals surface area contributed by atoms with E-state index in [0.717, 1.165) is 4.88 Å². The van der Waals surface area contributed by atoms with Crippen molar-refractivity contribution >= 4 is 17.4 Å². The molecule has 0 saturated heterocycles. The number of hydrogen-bond acceptors (Lipinski definition) is 3. The second-order valence-corrected chi connectivity index (χ2v) is 6.58. The van der Waals surface area contributed by atoms with Gasteiger partial charge in [0.2, 0.25) is 0 Å². The van der Waals surface area contributed by atoms with Gasteiger partial charge >= 0.3 is 12.4 Å².